The molecule has 9 nitrogen and oxygen atoms in total. The third-order valence-corrected chi connectivity index (χ3v) is 8.78. The first-order chi connectivity index (χ1) is 18.6. The van der Waals surface area contributed by atoms with Gasteiger partial charge in [0, 0.05) is 13.1 Å². The molecule has 2 aliphatic heterocycles. The number of rotatable bonds is 8. The van der Waals surface area contributed by atoms with Crippen molar-refractivity contribution in [2.75, 3.05) is 19.7 Å². The number of fused-ring (bicyclic) bond motifs is 1. The Balaban J connectivity index is 1.72. The van der Waals surface area contributed by atoms with Crippen molar-refractivity contribution in [2.24, 2.45) is 0 Å². The van der Waals surface area contributed by atoms with E-state index in [0.29, 0.717) is 36.1 Å². The van der Waals surface area contributed by atoms with Crippen LogP contribution in [0.3, 0.4) is 0 Å². The van der Waals surface area contributed by atoms with Crippen LogP contribution in [0.1, 0.15) is 48.1 Å². The molecule has 0 radical (unpaired) electrons. The Morgan fingerprint density at radius 3 is 2.77 bits per heavy atom. The molecular formula is C29H34N4O5S. The fraction of sp³-hybridized carbons (Fsp3) is 0.414. The molecular weight excluding hydrogens is 516 g/mol. The first kappa shape index (κ1) is 28.5. The van der Waals surface area contributed by atoms with Crippen molar-refractivity contribution in [3.05, 3.63) is 75.9 Å². The number of amides is 1. The van der Waals surface area contributed by atoms with Crippen molar-refractivity contribution in [3.63, 3.8) is 0 Å². The average molecular weight is 551 g/mol. The predicted octanol–water partition coefficient (Wildman–Crippen LogP) is 2.51. The highest BCUT2D eigenvalue weighted by Crippen LogP contribution is 2.27. The van der Waals surface area contributed by atoms with Gasteiger partial charge in [0.2, 0.25) is 15.9 Å². The number of carbonyl (C=O) groups is 2. The van der Waals surface area contributed by atoms with E-state index in [0.717, 1.165) is 23.2 Å². The Morgan fingerprint density at radius 1 is 1.23 bits per heavy atom. The molecule has 2 aliphatic rings. The summed E-state index contributed by atoms with van der Waals surface area (Å²) in [7, 11) is -4.13. The Labute approximate surface area is 229 Å². The zero-order valence-corrected chi connectivity index (χ0v) is 23.3. The fourth-order valence-corrected chi connectivity index (χ4v) is 6.67. The fourth-order valence-electron chi connectivity index (χ4n) is 5.22. The normalized spacial score (nSPS) is 17.9. The quantitative estimate of drug-likeness (QED) is 0.382. The van der Waals surface area contributed by atoms with Crippen molar-refractivity contribution in [1.82, 2.24) is 14.9 Å². The minimum atomic E-state index is -4.13. The molecule has 2 heterocycles. The van der Waals surface area contributed by atoms with Gasteiger partial charge < -0.3 is 15.0 Å². The largest absolute Gasteiger partial charge is 0.464 e. The first-order valence-electron chi connectivity index (χ1n) is 13.1. The van der Waals surface area contributed by atoms with Gasteiger partial charge in [-0.05, 0) is 87.0 Å². The lowest BCUT2D eigenvalue weighted by Gasteiger charge is -2.35. The maximum Gasteiger partial charge on any atom is 0.329 e. The average Bonchev–Trinajstić information content (AvgIpc) is 2.92. The smallest absolute Gasteiger partial charge is 0.329 e. The minimum absolute atomic E-state index is 0.00856. The number of carbonyl (C=O) groups excluding carboxylic acids is 2. The van der Waals surface area contributed by atoms with Crippen LogP contribution in [0.15, 0.2) is 52.9 Å². The monoisotopic (exact) mass is 550 g/mol. The molecule has 2 aromatic rings. The van der Waals surface area contributed by atoms with E-state index in [1.54, 1.807) is 43.3 Å². The number of aryl methyl sites for hydroxylation is 1. The highest BCUT2D eigenvalue weighted by Gasteiger charge is 2.38. The molecule has 39 heavy (non-hydrogen) atoms. The number of nitriles is 1. The molecule has 0 saturated heterocycles. The van der Waals surface area contributed by atoms with E-state index in [2.05, 4.69) is 16.1 Å². The Hall–Kier alpha value is -3.52. The first-order valence-corrected chi connectivity index (χ1v) is 14.6. The van der Waals surface area contributed by atoms with Crippen molar-refractivity contribution in [1.29, 1.82) is 5.26 Å². The van der Waals surface area contributed by atoms with Crippen LogP contribution in [0.2, 0.25) is 0 Å². The topological polar surface area (TPSA) is 129 Å². The van der Waals surface area contributed by atoms with Gasteiger partial charge in [-0.25, -0.2) is 13.2 Å². The number of nitrogens with zero attached hydrogens (tertiary/aromatic N) is 2. The number of hydrogen-bond acceptors (Lipinski definition) is 7. The molecule has 0 fully saturated rings. The summed E-state index contributed by atoms with van der Waals surface area (Å²) in [5.74, 6) is -1.05. The van der Waals surface area contributed by atoms with Gasteiger partial charge in [-0.3, -0.25) is 4.79 Å². The van der Waals surface area contributed by atoms with E-state index in [9.17, 15) is 23.3 Å². The lowest BCUT2D eigenvalue weighted by atomic mass is 9.96. The molecule has 206 valence electrons. The van der Waals surface area contributed by atoms with Crippen molar-refractivity contribution >= 4 is 21.9 Å². The molecule has 0 spiro atoms. The van der Waals surface area contributed by atoms with Crippen LogP contribution in [0, 0.1) is 18.3 Å². The molecule has 0 bridgehead atoms. The van der Waals surface area contributed by atoms with Crippen LogP contribution >= 0.6 is 0 Å². The number of benzene rings is 2. The lowest BCUT2D eigenvalue weighted by molar-refractivity contribution is -0.155. The van der Waals surface area contributed by atoms with Crippen LogP contribution in [-0.4, -0.2) is 57.0 Å². The SMILES string of the molecule is CCOC(=O)[C@H]1CC(C)=CCN1C(=O)[C@H](Cc1cccc(C#N)c1)NS(=O)(=O)c1ccc(C)c2c1CNCC2. The van der Waals surface area contributed by atoms with Crippen molar-refractivity contribution in [3.8, 4) is 6.07 Å². The summed E-state index contributed by atoms with van der Waals surface area (Å²) in [5.41, 5.74) is 4.71. The van der Waals surface area contributed by atoms with E-state index in [4.69, 9.17) is 4.74 Å². The van der Waals surface area contributed by atoms with E-state index in [1.807, 2.05) is 19.9 Å². The molecule has 0 aromatic heterocycles. The summed E-state index contributed by atoms with van der Waals surface area (Å²) in [6.07, 6.45) is 2.89. The number of nitrogens with one attached hydrogen (secondary N) is 2. The van der Waals surface area contributed by atoms with Gasteiger partial charge in [0.1, 0.15) is 12.1 Å². The highest BCUT2D eigenvalue weighted by atomic mass is 32.2. The van der Waals surface area contributed by atoms with Crippen LogP contribution in [0.5, 0.6) is 0 Å². The Bertz CT molecular complexity index is 1440. The third kappa shape index (κ3) is 6.38. The van der Waals surface area contributed by atoms with Crippen LogP contribution in [0.25, 0.3) is 0 Å². The maximum absolute atomic E-state index is 14.0. The molecule has 2 atom stereocenters. The Kier molecular flexibility index (Phi) is 8.85. The Morgan fingerprint density at radius 2 is 2.03 bits per heavy atom. The van der Waals surface area contributed by atoms with Gasteiger partial charge in [0.15, 0.2) is 0 Å². The summed E-state index contributed by atoms with van der Waals surface area (Å²) in [6, 6.07) is 10.1. The molecule has 2 aromatic carbocycles. The number of sulfonamides is 1. The number of hydrogen-bond donors (Lipinski definition) is 2. The van der Waals surface area contributed by atoms with Crippen LogP contribution < -0.4 is 10.0 Å². The van der Waals surface area contributed by atoms with Gasteiger partial charge in [-0.15, -0.1) is 0 Å². The summed E-state index contributed by atoms with van der Waals surface area (Å²) in [6.45, 7) is 7.06. The summed E-state index contributed by atoms with van der Waals surface area (Å²) >= 11 is 0. The maximum atomic E-state index is 14.0. The second kappa shape index (κ2) is 12.1. The summed E-state index contributed by atoms with van der Waals surface area (Å²) in [4.78, 5) is 28.3. The molecule has 10 heteroatoms. The molecule has 1 amide bonds. The predicted molar refractivity (Wildman–Crippen MR) is 146 cm³/mol. The van der Waals surface area contributed by atoms with E-state index in [-0.39, 0.29) is 24.5 Å². The standard InChI is InChI=1S/C29H34N4O5S/c1-4-38-29(35)26-14-19(2)11-13-33(26)28(34)25(16-21-6-5-7-22(15-21)17-30)32-39(36,37)27-9-8-20(3)23-10-12-31-18-24(23)27/h5-9,11,15,25-26,31-32H,4,10,12-14,16,18H2,1-3H3/t25-,26+/m0/s1. The van der Waals surface area contributed by atoms with E-state index in [1.165, 1.54) is 4.90 Å². The van der Waals surface area contributed by atoms with E-state index < -0.39 is 34.0 Å². The van der Waals surface area contributed by atoms with Gasteiger partial charge in [-0.1, -0.05) is 29.8 Å². The van der Waals surface area contributed by atoms with Crippen molar-refractivity contribution < 1.29 is 22.7 Å². The van der Waals surface area contributed by atoms with Crippen LogP contribution in [-0.2, 0) is 43.7 Å². The second-order valence-corrected chi connectivity index (χ2v) is 11.7. The van der Waals surface area contributed by atoms with Crippen molar-refractivity contribution in [2.45, 2.75) is 63.6 Å². The van der Waals surface area contributed by atoms with Gasteiger partial charge >= 0.3 is 5.97 Å². The molecule has 0 saturated carbocycles. The molecule has 4 rings (SSSR count). The van der Waals surface area contributed by atoms with E-state index >= 15 is 0 Å². The van der Waals surface area contributed by atoms with Gasteiger partial charge in [0.25, 0.3) is 0 Å². The summed E-state index contributed by atoms with van der Waals surface area (Å²) in [5, 5.41) is 12.6. The number of esters is 1. The minimum Gasteiger partial charge on any atom is -0.464 e. The molecule has 2 N–H and O–H groups in total. The molecule has 0 aliphatic carbocycles. The van der Waals surface area contributed by atoms with Crippen LogP contribution in [0.4, 0.5) is 0 Å². The number of ether oxygens (including phenoxy) is 1. The molecule has 0 unspecified atom stereocenters. The van der Waals surface area contributed by atoms with Gasteiger partial charge in [0.05, 0.1) is 23.1 Å². The van der Waals surface area contributed by atoms with Gasteiger partial charge in [-0.2, -0.15) is 9.98 Å². The zero-order valence-electron chi connectivity index (χ0n) is 22.5. The summed E-state index contributed by atoms with van der Waals surface area (Å²) < 4.78 is 35.6. The second-order valence-electron chi connectivity index (χ2n) is 9.97. The lowest BCUT2D eigenvalue weighted by Crippen LogP contribution is -2.56. The highest BCUT2D eigenvalue weighted by molar-refractivity contribution is 7.89. The third-order valence-electron chi connectivity index (χ3n) is 7.23. The zero-order chi connectivity index (χ0) is 28.2.